The number of hydrogen-bond acceptors (Lipinski definition) is 2. The molecule has 1 saturated heterocycles. The monoisotopic (exact) mass is 208 g/mol. The Balaban J connectivity index is 2.13. The highest BCUT2D eigenvalue weighted by Crippen LogP contribution is 2.40. The fourth-order valence-corrected chi connectivity index (χ4v) is 2.12. The van der Waals surface area contributed by atoms with E-state index in [1.54, 1.807) is 0 Å². The van der Waals surface area contributed by atoms with Gasteiger partial charge in [-0.1, -0.05) is 13.0 Å². The molecule has 0 amide bonds. The van der Waals surface area contributed by atoms with E-state index in [1.165, 1.54) is 11.9 Å². The van der Waals surface area contributed by atoms with E-state index in [9.17, 15) is 0 Å². The maximum absolute atomic E-state index is 6.01. The molecular formula is C12H21BO2. The number of hydrogen-bond donors (Lipinski definition) is 0. The van der Waals surface area contributed by atoms with Crippen molar-refractivity contribution in [3.05, 3.63) is 11.5 Å². The quantitative estimate of drug-likeness (QED) is 0.616. The zero-order chi connectivity index (χ0) is 11.3. The lowest BCUT2D eigenvalue weighted by Crippen LogP contribution is -2.41. The first-order chi connectivity index (χ1) is 6.82. The fraction of sp³-hybridized carbons (Fsp3) is 0.833. The third-order valence-corrected chi connectivity index (χ3v) is 3.94. The molecule has 0 N–H and O–H groups in total. The van der Waals surface area contributed by atoms with Gasteiger partial charge in [0.2, 0.25) is 0 Å². The van der Waals surface area contributed by atoms with Gasteiger partial charge >= 0.3 is 7.12 Å². The molecule has 0 aromatic heterocycles. The molecule has 2 rings (SSSR count). The van der Waals surface area contributed by atoms with Crippen LogP contribution in [0.1, 0.15) is 47.5 Å². The van der Waals surface area contributed by atoms with Crippen molar-refractivity contribution in [3.63, 3.8) is 0 Å². The van der Waals surface area contributed by atoms with E-state index in [4.69, 9.17) is 9.31 Å². The van der Waals surface area contributed by atoms with Crippen molar-refractivity contribution in [2.24, 2.45) is 5.92 Å². The van der Waals surface area contributed by atoms with Crippen LogP contribution >= 0.6 is 0 Å². The van der Waals surface area contributed by atoms with Gasteiger partial charge in [0.25, 0.3) is 0 Å². The molecular weight excluding hydrogens is 187 g/mol. The van der Waals surface area contributed by atoms with Crippen molar-refractivity contribution in [3.8, 4) is 0 Å². The second-order valence-electron chi connectivity index (χ2n) is 5.85. The lowest BCUT2D eigenvalue weighted by atomic mass is 9.78. The van der Waals surface area contributed by atoms with E-state index < -0.39 is 0 Å². The highest BCUT2D eigenvalue weighted by Gasteiger charge is 2.52. The van der Waals surface area contributed by atoms with Crippen LogP contribution in [0, 0.1) is 5.92 Å². The molecule has 1 atom stereocenters. The van der Waals surface area contributed by atoms with Gasteiger partial charge < -0.3 is 9.31 Å². The van der Waals surface area contributed by atoms with Crippen LogP contribution in [0.3, 0.4) is 0 Å². The molecule has 0 bridgehead atoms. The number of rotatable bonds is 1. The average Bonchev–Trinajstić information content (AvgIpc) is 2.56. The topological polar surface area (TPSA) is 18.5 Å². The maximum atomic E-state index is 6.01. The van der Waals surface area contributed by atoms with Crippen molar-refractivity contribution < 1.29 is 9.31 Å². The van der Waals surface area contributed by atoms with E-state index in [2.05, 4.69) is 40.7 Å². The first-order valence-corrected chi connectivity index (χ1v) is 5.88. The third-order valence-electron chi connectivity index (χ3n) is 3.94. The van der Waals surface area contributed by atoms with Crippen LogP contribution in [-0.2, 0) is 9.31 Å². The SMILES string of the molecule is CC1C=C(B2OC(C)(C)C(C)(C)O2)CC1. The van der Waals surface area contributed by atoms with Gasteiger partial charge in [0.15, 0.2) is 0 Å². The van der Waals surface area contributed by atoms with Gasteiger partial charge in [0.05, 0.1) is 11.2 Å². The van der Waals surface area contributed by atoms with Gasteiger partial charge in [-0.05, 0) is 51.9 Å². The zero-order valence-electron chi connectivity index (χ0n) is 10.5. The van der Waals surface area contributed by atoms with Gasteiger partial charge in [-0.25, -0.2) is 0 Å². The summed E-state index contributed by atoms with van der Waals surface area (Å²) in [6.07, 6.45) is 4.67. The highest BCUT2D eigenvalue weighted by atomic mass is 16.7. The summed E-state index contributed by atoms with van der Waals surface area (Å²) in [5.41, 5.74) is 0.926. The van der Waals surface area contributed by atoms with E-state index >= 15 is 0 Å². The van der Waals surface area contributed by atoms with Gasteiger partial charge in [-0.15, -0.1) is 0 Å². The van der Waals surface area contributed by atoms with Crippen LogP contribution < -0.4 is 0 Å². The van der Waals surface area contributed by atoms with Crippen LogP contribution in [0.4, 0.5) is 0 Å². The molecule has 15 heavy (non-hydrogen) atoms. The molecule has 1 fully saturated rings. The van der Waals surface area contributed by atoms with Crippen molar-refractivity contribution in [2.75, 3.05) is 0 Å². The molecule has 2 nitrogen and oxygen atoms in total. The van der Waals surface area contributed by atoms with E-state index in [0.717, 1.165) is 6.42 Å². The summed E-state index contributed by atoms with van der Waals surface area (Å²) >= 11 is 0. The fourth-order valence-electron chi connectivity index (χ4n) is 2.12. The molecule has 1 unspecified atom stereocenters. The summed E-state index contributed by atoms with van der Waals surface area (Å²) in [6, 6.07) is 0. The summed E-state index contributed by atoms with van der Waals surface area (Å²) in [5, 5.41) is 0. The van der Waals surface area contributed by atoms with Crippen LogP contribution in [0.15, 0.2) is 11.5 Å². The third kappa shape index (κ3) is 1.87. The molecule has 0 spiro atoms. The Bertz CT molecular complexity index is 278. The van der Waals surface area contributed by atoms with E-state index in [0.29, 0.717) is 5.92 Å². The Morgan fingerprint density at radius 1 is 1.20 bits per heavy atom. The molecule has 0 aromatic rings. The summed E-state index contributed by atoms with van der Waals surface area (Å²) in [4.78, 5) is 0. The predicted molar refractivity (Wildman–Crippen MR) is 62.6 cm³/mol. The van der Waals surface area contributed by atoms with Gasteiger partial charge in [-0.2, -0.15) is 0 Å². The Morgan fingerprint density at radius 3 is 2.13 bits per heavy atom. The second kappa shape index (κ2) is 3.36. The molecule has 1 aliphatic heterocycles. The Hall–Kier alpha value is -0.275. The standard InChI is InChI=1S/C12H21BO2/c1-9-6-7-10(8-9)13-14-11(2,3)12(4,5)15-13/h8-9H,6-7H2,1-5H3. The Morgan fingerprint density at radius 2 is 1.73 bits per heavy atom. The smallest absolute Gasteiger partial charge is 0.400 e. The first kappa shape index (κ1) is 11.2. The predicted octanol–water partition coefficient (Wildman–Crippen LogP) is 2.97. The Kier molecular flexibility index (Phi) is 2.51. The summed E-state index contributed by atoms with van der Waals surface area (Å²) < 4.78 is 12.0. The largest absolute Gasteiger partial charge is 0.490 e. The van der Waals surface area contributed by atoms with E-state index in [-0.39, 0.29) is 18.3 Å². The lowest BCUT2D eigenvalue weighted by Gasteiger charge is -2.32. The van der Waals surface area contributed by atoms with Gasteiger partial charge in [0.1, 0.15) is 0 Å². The average molecular weight is 208 g/mol. The van der Waals surface area contributed by atoms with Crippen molar-refractivity contribution in [2.45, 2.75) is 58.7 Å². The molecule has 1 heterocycles. The number of allylic oxidation sites excluding steroid dienone is 2. The van der Waals surface area contributed by atoms with Crippen LogP contribution in [0.25, 0.3) is 0 Å². The van der Waals surface area contributed by atoms with Crippen LogP contribution in [-0.4, -0.2) is 18.3 Å². The molecule has 2 aliphatic rings. The minimum atomic E-state index is -0.204. The molecule has 0 saturated carbocycles. The summed E-state index contributed by atoms with van der Waals surface area (Å²) in [7, 11) is -0.111. The van der Waals surface area contributed by atoms with Crippen molar-refractivity contribution >= 4 is 7.12 Å². The van der Waals surface area contributed by atoms with Crippen LogP contribution in [0.2, 0.25) is 0 Å². The minimum absolute atomic E-state index is 0.111. The minimum Gasteiger partial charge on any atom is -0.400 e. The van der Waals surface area contributed by atoms with Gasteiger partial charge in [0, 0.05) is 0 Å². The first-order valence-electron chi connectivity index (χ1n) is 5.88. The maximum Gasteiger partial charge on any atom is 0.490 e. The molecule has 0 radical (unpaired) electrons. The molecule has 0 aromatic carbocycles. The summed E-state index contributed by atoms with van der Waals surface area (Å²) in [5.74, 6) is 0.680. The van der Waals surface area contributed by atoms with E-state index in [1.807, 2.05) is 0 Å². The molecule has 3 heteroatoms. The summed E-state index contributed by atoms with van der Waals surface area (Å²) in [6.45, 7) is 10.7. The van der Waals surface area contributed by atoms with Crippen molar-refractivity contribution in [1.82, 2.24) is 0 Å². The molecule has 1 aliphatic carbocycles. The zero-order valence-corrected chi connectivity index (χ0v) is 10.5. The second-order valence-corrected chi connectivity index (χ2v) is 5.85. The van der Waals surface area contributed by atoms with Crippen LogP contribution in [0.5, 0.6) is 0 Å². The normalized spacial score (nSPS) is 33.3. The molecule has 84 valence electrons. The van der Waals surface area contributed by atoms with Crippen molar-refractivity contribution in [1.29, 1.82) is 0 Å². The Labute approximate surface area is 93.2 Å². The van der Waals surface area contributed by atoms with Gasteiger partial charge in [-0.3, -0.25) is 0 Å². The lowest BCUT2D eigenvalue weighted by molar-refractivity contribution is 0.00578. The highest BCUT2D eigenvalue weighted by molar-refractivity contribution is 6.54.